The van der Waals surface area contributed by atoms with Crippen molar-refractivity contribution < 1.29 is 14.3 Å². The molecule has 1 aromatic heterocycles. The fourth-order valence-corrected chi connectivity index (χ4v) is 4.38. The van der Waals surface area contributed by atoms with Crippen LogP contribution in [0.1, 0.15) is 25.6 Å². The molecule has 32 heavy (non-hydrogen) atoms. The van der Waals surface area contributed by atoms with E-state index in [0.29, 0.717) is 28.4 Å². The van der Waals surface area contributed by atoms with Gasteiger partial charge in [-0.05, 0) is 72.0 Å². The Morgan fingerprint density at radius 2 is 1.66 bits per heavy atom. The van der Waals surface area contributed by atoms with Crippen molar-refractivity contribution in [2.24, 2.45) is 0 Å². The van der Waals surface area contributed by atoms with E-state index in [2.05, 4.69) is 5.32 Å². The van der Waals surface area contributed by atoms with Crippen LogP contribution >= 0.6 is 11.3 Å². The van der Waals surface area contributed by atoms with Crippen molar-refractivity contribution in [3.63, 3.8) is 0 Å². The van der Waals surface area contributed by atoms with E-state index in [0.717, 1.165) is 23.4 Å². The molecule has 2 heterocycles. The van der Waals surface area contributed by atoms with E-state index < -0.39 is 0 Å². The minimum atomic E-state index is -0.217. The summed E-state index contributed by atoms with van der Waals surface area (Å²) in [5.74, 6) is 1.18. The van der Waals surface area contributed by atoms with Crippen molar-refractivity contribution in [2.75, 3.05) is 16.8 Å². The Hall–Kier alpha value is -3.90. The number of anilines is 2. The Morgan fingerprint density at radius 1 is 0.875 bits per heavy atom. The molecule has 1 aliphatic rings. The first-order valence-corrected chi connectivity index (χ1v) is 11.2. The Bertz CT molecular complexity index is 1250. The SMILES string of the molecule is O=C(Nc1ccc2c(c1)N(C(=O)c1cccs1)CC2)c1ccc(Oc2ccccc2)cc1. The van der Waals surface area contributed by atoms with Crippen molar-refractivity contribution >= 4 is 34.5 Å². The van der Waals surface area contributed by atoms with E-state index in [1.54, 1.807) is 29.2 Å². The smallest absolute Gasteiger partial charge is 0.268 e. The minimum absolute atomic E-state index is 0.00349. The molecule has 1 N–H and O–H groups in total. The molecule has 0 fully saturated rings. The highest BCUT2D eigenvalue weighted by atomic mass is 32.1. The monoisotopic (exact) mass is 440 g/mol. The van der Waals surface area contributed by atoms with Crippen molar-refractivity contribution in [2.45, 2.75) is 6.42 Å². The summed E-state index contributed by atoms with van der Waals surface area (Å²) in [5, 5.41) is 4.84. The molecule has 0 aliphatic carbocycles. The molecular weight excluding hydrogens is 420 g/mol. The molecule has 1 aliphatic heterocycles. The number of ether oxygens (including phenoxy) is 1. The maximum atomic E-state index is 12.8. The van der Waals surface area contributed by atoms with Crippen molar-refractivity contribution in [3.05, 3.63) is 106 Å². The van der Waals surface area contributed by atoms with Crippen LogP contribution in [0, 0.1) is 0 Å². The first-order chi connectivity index (χ1) is 15.7. The Morgan fingerprint density at radius 3 is 2.41 bits per heavy atom. The van der Waals surface area contributed by atoms with Crippen LogP contribution in [0.5, 0.6) is 11.5 Å². The molecule has 0 radical (unpaired) electrons. The second kappa shape index (κ2) is 8.69. The summed E-state index contributed by atoms with van der Waals surface area (Å²) in [6.07, 6.45) is 0.809. The van der Waals surface area contributed by atoms with E-state index in [4.69, 9.17) is 4.74 Å². The molecule has 0 atom stereocenters. The normalized spacial score (nSPS) is 12.3. The number of hydrogen-bond donors (Lipinski definition) is 1. The third-order valence-corrected chi connectivity index (χ3v) is 6.17. The molecule has 0 saturated carbocycles. The van der Waals surface area contributed by atoms with Gasteiger partial charge in [0.05, 0.1) is 4.88 Å². The van der Waals surface area contributed by atoms with Gasteiger partial charge in [0, 0.05) is 23.5 Å². The summed E-state index contributed by atoms with van der Waals surface area (Å²) in [5.41, 5.74) is 3.14. The predicted molar refractivity (Wildman–Crippen MR) is 127 cm³/mol. The van der Waals surface area contributed by atoms with Gasteiger partial charge in [0.25, 0.3) is 11.8 Å². The average Bonchev–Trinajstić information content (AvgIpc) is 3.50. The van der Waals surface area contributed by atoms with Gasteiger partial charge < -0.3 is 15.0 Å². The van der Waals surface area contributed by atoms with Gasteiger partial charge in [-0.1, -0.05) is 30.3 Å². The van der Waals surface area contributed by atoms with Gasteiger partial charge in [-0.25, -0.2) is 0 Å². The van der Waals surface area contributed by atoms with Crippen LogP contribution in [0.4, 0.5) is 11.4 Å². The molecule has 3 aromatic carbocycles. The van der Waals surface area contributed by atoms with E-state index in [1.165, 1.54) is 11.3 Å². The first kappa shape index (κ1) is 20.0. The number of benzene rings is 3. The van der Waals surface area contributed by atoms with Gasteiger partial charge >= 0.3 is 0 Å². The summed E-state index contributed by atoms with van der Waals surface area (Å²) in [6.45, 7) is 0.645. The minimum Gasteiger partial charge on any atom is -0.457 e. The fourth-order valence-electron chi connectivity index (χ4n) is 3.70. The lowest BCUT2D eigenvalue weighted by molar-refractivity contribution is 0.0991. The zero-order valence-electron chi connectivity index (χ0n) is 17.2. The topological polar surface area (TPSA) is 58.6 Å². The summed E-state index contributed by atoms with van der Waals surface area (Å²) in [7, 11) is 0. The van der Waals surface area contributed by atoms with Crippen LogP contribution < -0.4 is 15.0 Å². The Balaban J connectivity index is 1.29. The number of nitrogens with one attached hydrogen (secondary N) is 1. The highest BCUT2D eigenvalue weighted by molar-refractivity contribution is 7.12. The molecule has 0 bridgehead atoms. The summed E-state index contributed by atoms with van der Waals surface area (Å²) in [4.78, 5) is 28.1. The zero-order chi connectivity index (χ0) is 21.9. The van der Waals surface area contributed by atoms with Gasteiger partial charge in [0.15, 0.2) is 0 Å². The number of rotatable bonds is 5. The van der Waals surface area contributed by atoms with Crippen molar-refractivity contribution in [1.29, 1.82) is 0 Å². The summed E-state index contributed by atoms with van der Waals surface area (Å²) >= 11 is 1.43. The Labute approximate surface area is 189 Å². The van der Waals surface area contributed by atoms with Crippen LogP contribution in [-0.2, 0) is 6.42 Å². The maximum Gasteiger partial charge on any atom is 0.268 e. The van der Waals surface area contributed by atoms with E-state index in [-0.39, 0.29) is 11.8 Å². The summed E-state index contributed by atoms with van der Waals surface area (Å²) in [6, 6.07) is 25.9. The highest BCUT2D eigenvalue weighted by Gasteiger charge is 2.26. The van der Waals surface area contributed by atoms with Crippen LogP contribution in [0.15, 0.2) is 90.3 Å². The second-order valence-electron chi connectivity index (χ2n) is 7.42. The number of hydrogen-bond acceptors (Lipinski definition) is 4. The largest absolute Gasteiger partial charge is 0.457 e. The van der Waals surface area contributed by atoms with Gasteiger partial charge in [-0.3, -0.25) is 9.59 Å². The van der Waals surface area contributed by atoms with Crippen LogP contribution in [-0.4, -0.2) is 18.4 Å². The molecule has 5 nitrogen and oxygen atoms in total. The number of para-hydroxylation sites is 1. The molecule has 0 spiro atoms. The molecule has 0 saturated heterocycles. The number of thiophene rings is 1. The number of carbonyl (C=O) groups is 2. The summed E-state index contributed by atoms with van der Waals surface area (Å²) < 4.78 is 5.78. The standard InChI is InChI=1S/C26H20N2O3S/c29-25(19-9-12-22(13-10-19)31-21-5-2-1-3-6-21)27-20-11-8-18-14-15-28(23(18)17-20)26(30)24-7-4-16-32-24/h1-13,16-17H,14-15H2,(H,27,29). The third-order valence-electron chi connectivity index (χ3n) is 5.31. The van der Waals surface area contributed by atoms with E-state index in [9.17, 15) is 9.59 Å². The average molecular weight is 441 g/mol. The third kappa shape index (κ3) is 4.13. The van der Waals surface area contributed by atoms with Gasteiger partial charge in [0.1, 0.15) is 11.5 Å². The van der Waals surface area contributed by atoms with Crippen molar-refractivity contribution in [1.82, 2.24) is 0 Å². The molecule has 5 rings (SSSR count). The van der Waals surface area contributed by atoms with Crippen molar-refractivity contribution in [3.8, 4) is 11.5 Å². The predicted octanol–water partition coefficient (Wildman–Crippen LogP) is 6.00. The van der Waals surface area contributed by atoms with E-state index >= 15 is 0 Å². The lowest BCUT2D eigenvalue weighted by atomic mass is 10.1. The number of amides is 2. The quantitative estimate of drug-likeness (QED) is 0.414. The molecule has 0 unspecified atom stereocenters. The van der Waals surface area contributed by atoms with Gasteiger partial charge in [0.2, 0.25) is 0 Å². The van der Waals surface area contributed by atoms with Gasteiger partial charge in [-0.15, -0.1) is 11.3 Å². The molecular formula is C26H20N2O3S. The zero-order valence-corrected chi connectivity index (χ0v) is 18.0. The number of fused-ring (bicyclic) bond motifs is 1. The van der Waals surface area contributed by atoms with Crippen LogP contribution in [0.25, 0.3) is 0 Å². The Kier molecular flexibility index (Phi) is 5.44. The lowest BCUT2D eigenvalue weighted by Gasteiger charge is -2.17. The number of carbonyl (C=O) groups excluding carboxylic acids is 2. The van der Waals surface area contributed by atoms with E-state index in [1.807, 2.05) is 66.0 Å². The molecule has 2 amide bonds. The van der Waals surface area contributed by atoms with Gasteiger partial charge in [-0.2, -0.15) is 0 Å². The highest BCUT2D eigenvalue weighted by Crippen LogP contribution is 2.33. The lowest BCUT2D eigenvalue weighted by Crippen LogP contribution is -2.28. The first-order valence-electron chi connectivity index (χ1n) is 10.3. The second-order valence-corrected chi connectivity index (χ2v) is 8.37. The van der Waals surface area contributed by atoms with Crippen LogP contribution in [0.2, 0.25) is 0 Å². The molecule has 6 heteroatoms. The van der Waals surface area contributed by atoms with Crippen LogP contribution in [0.3, 0.4) is 0 Å². The molecule has 158 valence electrons. The maximum absolute atomic E-state index is 12.8. The molecule has 4 aromatic rings. The fraction of sp³-hybridized carbons (Fsp3) is 0.0769. The number of nitrogens with zero attached hydrogens (tertiary/aromatic N) is 1.